The standard InChI is InChI=1S/C34H33Cl2F3N4O3/c1-45-32-20(6-3-7-22-14-17-29(44)41-22)12-15-27(42-32)25-10-4-8-23(30(25)35)24-9-5-11-26(31(24)36)28-16-13-21(33(43-28)46-2)18-40-19-34(37,38)39/h4-5,8-13,15-16,22,40H,3,6-7,14,17-19H2,1-2H3,(H,41,44)/t22-/m1/s1. The molecule has 46 heavy (non-hydrogen) atoms. The number of aryl methyl sites for hydroxylation is 1. The lowest BCUT2D eigenvalue weighted by molar-refractivity contribution is -0.125. The number of carbonyl (C=O) groups excluding carboxylic acids is 1. The first-order valence-electron chi connectivity index (χ1n) is 14.8. The molecule has 3 heterocycles. The monoisotopic (exact) mass is 672 g/mol. The van der Waals surface area contributed by atoms with Gasteiger partial charge in [0.25, 0.3) is 0 Å². The van der Waals surface area contributed by atoms with Crippen LogP contribution < -0.4 is 20.1 Å². The zero-order chi connectivity index (χ0) is 32.8. The number of rotatable bonds is 12. The van der Waals surface area contributed by atoms with Crippen LogP contribution in [-0.2, 0) is 17.8 Å². The maximum atomic E-state index is 12.6. The molecule has 1 aliphatic heterocycles. The van der Waals surface area contributed by atoms with E-state index in [0.29, 0.717) is 61.6 Å². The fourth-order valence-corrected chi connectivity index (χ4v) is 6.21. The lowest BCUT2D eigenvalue weighted by Gasteiger charge is -2.16. The van der Waals surface area contributed by atoms with Crippen LogP contribution in [0, 0.1) is 0 Å². The Morgan fingerprint density at radius 1 is 0.848 bits per heavy atom. The van der Waals surface area contributed by atoms with E-state index < -0.39 is 12.7 Å². The minimum absolute atomic E-state index is 0.0634. The molecule has 2 aromatic carbocycles. The maximum Gasteiger partial charge on any atom is 0.401 e. The van der Waals surface area contributed by atoms with Gasteiger partial charge >= 0.3 is 6.18 Å². The van der Waals surface area contributed by atoms with E-state index in [1.807, 2.05) is 42.5 Å². The summed E-state index contributed by atoms with van der Waals surface area (Å²) in [5, 5.41) is 6.23. The van der Waals surface area contributed by atoms with E-state index in [0.717, 1.165) is 31.2 Å². The molecule has 2 aromatic heterocycles. The summed E-state index contributed by atoms with van der Waals surface area (Å²) in [7, 11) is 3.00. The summed E-state index contributed by atoms with van der Waals surface area (Å²) in [6.07, 6.45) is -0.300. The normalized spacial score (nSPS) is 14.8. The Balaban J connectivity index is 1.38. The number of nitrogens with zero attached hydrogens (tertiary/aromatic N) is 2. The number of nitrogens with one attached hydrogen (secondary N) is 2. The van der Waals surface area contributed by atoms with E-state index in [2.05, 4.69) is 15.6 Å². The van der Waals surface area contributed by atoms with Crippen LogP contribution in [0.15, 0.2) is 60.7 Å². The van der Waals surface area contributed by atoms with E-state index in [1.165, 1.54) is 7.11 Å². The van der Waals surface area contributed by atoms with Gasteiger partial charge in [-0.15, -0.1) is 0 Å². The number of alkyl halides is 3. The number of carbonyl (C=O) groups is 1. The zero-order valence-electron chi connectivity index (χ0n) is 25.3. The molecule has 0 bridgehead atoms. The highest BCUT2D eigenvalue weighted by molar-refractivity contribution is 6.39. The smallest absolute Gasteiger partial charge is 0.401 e. The van der Waals surface area contributed by atoms with E-state index in [9.17, 15) is 18.0 Å². The van der Waals surface area contributed by atoms with E-state index >= 15 is 0 Å². The van der Waals surface area contributed by atoms with Crippen molar-refractivity contribution in [2.45, 2.75) is 50.9 Å². The van der Waals surface area contributed by atoms with Gasteiger partial charge in [0.1, 0.15) is 0 Å². The number of hydrogen-bond acceptors (Lipinski definition) is 6. The first-order chi connectivity index (χ1) is 22.1. The van der Waals surface area contributed by atoms with Crippen molar-refractivity contribution in [2.24, 2.45) is 0 Å². The maximum absolute atomic E-state index is 12.6. The molecule has 1 atom stereocenters. The van der Waals surface area contributed by atoms with Crippen LogP contribution in [0.2, 0.25) is 10.0 Å². The van der Waals surface area contributed by atoms with Crippen LogP contribution in [-0.4, -0.2) is 48.9 Å². The van der Waals surface area contributed by atoms with Crippen LogP contribution in [0.4, 0.5) is 13.2 Å². The largest absolute Gasteiger partial charge is 0.481 e. The molecule has 0 saturated carbocycles. The molecule has 1 aliphatic rings. The molecule has 0 aliphatic carbocycles. The second-order valence-electron chi connectivity index (χ2n) is 11.0. The molecule has 1 fully saturated rings. The summed E-state index contributed by atoms with van der Waals surface area (Å²) in [6, 6.07) is 18.6. The second-order valence-corrected chi connectivity index (χ2v) is 11.7. The van der Waals surface area contributed by atoms with Gasteiger partial charge in [0.05, 0.1) is 42.2 Å². The van der Waals surface area contributed by atoms with Crippen LogP contribution in [0.25, 0.3) is 33.6 Å². The van der Waals surface area contributed by atoms with Gasteiger partial charge in [-0.05, 0) is 37.8 Å². The van der Waals surface area contributed by atoms with Gasteiger partial charge in [0.2, 0.25) is 17.7 Å². The van der Waals surface area contributed by atoms with Crippen LogP contribution in [0.1, 0.15) is 36.8 Å². The molecule has 0 radical (unpaired) electrons. The van der Waals surface area contributed by atoms with Crippen molar-refractivity contribution in [1.29, 1.82) is 0 Å². The van der Waals surface area contributed by atoms with Crippen molar-refractivity contribution in [3.63, 3.8) is 0 Å². The number of halogens is 5. The molecule has 2 N–H and O–H groups in total. The van der Waals surface area contributed by atoms with Crippen molar-refractivity contribution in [1.82, 2.24) is 20.6 Å². The van der Waals surface area contributed by atoms with Crippen molar-refractivity contribution in [3.8, 4) is 45.4 Å². The minimum atomic E-state index is -4.32. The highest BCUT2D eigenvalue weighted by Gasteiger charge is 2.26. The summed E-state index contributed by atoms with van der Waals surface area (Å²) in [6.45, 7) is -1.19. The quantitative estimate of drug-likeness (QED) is 0.158. The lowest BCUT2D eigenvalue weighted by Crippen LogP contribution is -2.28. The number of methoxy groups -OCH3 is 2. The topological polar surface area (TPSA) is 85.4 Å². The molecule has 7 nitrogen and oxygen atoms in total. The van der Waals surface area contributed by atoms with Gasteiger partial charge in [-0.25, -0.2) is 9.97 Å². The molecular formula is C34H33Cl2F3N4O3. The van der Waals surface area contributed by atoms with Crippen LogP contribution in [0.3, 0.4) is 0 Å². The molecule has 12 heteroatoms. The third-order valence-electron chi connectivity index (χ3n) is 7.83. The van der Waals surface area contributed by atoms with E-state index in [4.69, 9.17) is 37.7 Å². The number of ether oxygens (including phenoxy) is 2. The zero-order valence-corrected chi connectivity index (χ0v) is 26.8. The van der Waals surface area contributed by atoms with E-state index in [1.54, 1.807) is 25.3 Å². The predicted molar refractivity (Wildman–Crippen MR) is 173 cm³/mol. The van der Waals surface area contributed by atoms with Crippen LogP contribution >= 0.6 is 23.2 Å². The summed E-state index contributed by atoms with van der Waals surface area (Å²) < 4.78 is 48.8. The second kappa shape index (κ2) is 14.7. The van der Waals surface area contributed by atoms with Gasteiger partial charge in [0.15, 0.2) is 0 Å². The molecule has 1 saturated heterocycles. The Morgan fingerprint density at radius 3 is 1.91 bits per heavy atom. The number of benzene rings is 2. The van der Waals surface area contributed by atoms with Crippen LogP contribution in [0.5, 0.6) is 11.8 Å². The van der Waals surface area contributed by atoms with E-state index in [-0.39, 0.29) is 24.4 Å². The number of pyridine rings is 2. The first-order valence-corrected chi connectivity index (χ1v) is 15.6. The van der Waals surface area contributed by atoms with Crippen molar-refractivity contribution in [3.05, 3.63) is 81.8 Å². The fourth-order valence-electron chi connectivity index (χ4n) is 5.56. The lowest BCUT2D eigenvalue weighted by atomic mass is 9.97. The summed E-state index contributed by atoms with van der Waals surface area (Å²) in [5.74, 6) is 0.833. The fraction of sp³-hybridized carbons (Fsp3) is 0.324. The van der Waals surface area contributed by atoms with Gasteiger partial charge in [-0.1, -0.05) is 71.7 Å². The van der Waals surface area contributed by atoms with Gasteiger partial charge in [0, 0.05) is 52.4 Å². The Kier molecular flexibility index (Phi) is 10.7. The summed E-state index contributed by atoms with van der Waals surface area (Å²) >= 11 is 14.0. The molecule has 4 aromatic rings. The SMILES string of the molecule is COc1nc(-c2cccc(-c3cccc(-c4ccc(CNCC(F)(F)F)c(OC)n4)c3Cl)c2Cl)ccc1CCC[C@@H]1CCC(=O)N1. The van der Waals surface area contributed by atoms with Crippen molar-refractivity contribution >= 4 is 29.1 Å². The number of aromatic nitrogens is 2. The average Bonchev–Trinajstić information content (AvgIpc) is 3.45. The molecular weight excluding hydrogens is 640 g/mol. The Labute approximate surface area is 275 Å². The molecule has 0 unspecified atom stereocenters. The van der Waals surface area contributed by atoms with Gasteiger partial charge < -0.3 is 20.1 Å². The molecule has 0 spiro atoms. The van der Waals surface area contributed by atoms with Crippen molar-refractivity contribution < 1.29 is 27.4 Å². The summed E-state index contributed by atoms with van der Waals surface area (Å²) in [5.41, 5.74) is 5.26. The highest BCUT2D eigenvalue weighted by atomic mass is 35.5. The van der Waals surface area contributed by atoms with Crippen molar-refractivity contribution in [2.75, 3.05) is 20.8 Å². The van der Waals surface area contributed by atoms with Gasteiger partial charge in [-0.3, -0.25) is 4.79 Å². The number of amides is 1. The highest BCUT2D eigenvalue weighted by Crippen LogP contribution is 2.42. The number of hydrogen-bond donors (Lipinski definition) is 2. The Bertz CT molecular complexity index is 1720. The molecule has 5 rings (SSSR count). The minimum Gasteiger partial charge on any atom is -0.481 e. The molecule has 242 valence electrons. The third-order valence-corrected chi connectivity index (χ3v) is 8.64. The first kappa shape index (κ1) is 33.5. The Morgan fingerprint density at radius 2 is 1.39 bits per heavy atom. The predicted octanol–water partition coefficient (Wildman–Crippen LogP) is 8.05. The Hall–Kier alpha value is -3.86. The third kappa shape index (κ3) is 7.92. The molecule has 1 amide bonds. The summed E-state index contributed by atoms with van der Waals surface area (Å²) in [4.78, 5) is 20.8. The average molecular weight is 674 g/mol. The van der Waals surface area contributed by atoms with Gasteiger partial charge in [-0.2, -0.15) is 13.2 Å².